The Kier molecular flexibility index (Phi) is 2.59. The molecule has 0 fully saturated rings. The lowest BCUT2D eigenvalue weighted by Gasteiger charge is -1.99. The summed E-state index contributed by atoms with van der Waals surface area (Å²) in [6.07, 6.45) is 0. The Hall–Kier alpha value is -1.90. The van der Waals surface area contributed by atoms with Gasteiger partial charge in [0, 0.05) is 5.57 Å². The van der Waals surface area contributed by atoms with Crippen molar-refractivity contribution in [2.45, 2.75) is 0 Å². The van der Waals surface area contributed by atoms with Crippen LogP contribution >= 0.6 is 0 Å². The average Bonchev–Trinajstić information content (AvgIpc) is 2.17. The largest absolute Gasteiger partial charge is 0.475 e. The number of carboxylic acids is 1. The standard InChI is InChI=1S/C10H8O3/c1-7(9(11)10(12)13)8-5-3-2-4-6-8/h2-6H,1H2,(H,12,13). The molecule has 0 unspecified atom stereocenters. The van der Waals surface area contributed by atoms with Crippen molar-refractivity contribution in [2.24, 2.45) is 0 Å². The first-order valence-corrected chi connectivity index (χ1v) is 3.65. The van der Waals surface area contributed by atoms with Crippen LogP contribution in [0.4, 0.5) is 0 Å². The molecule has 0 amide bonds. The topological polar surface area (TPSA) is 54.4 Å². The second kappa shape index (κ2) is 3.67. The lowest BCUT2D eigenvalue weighted by molar-refractivity contribution is -0.146. The van der Waals surface area contributed by atoms with Crippen LogP contribution in [0.1, 0.15) is 5.56 Å². The lowest BCUT2D eigenvalue weighted by Crippen LogP contribution is -2.13. The maximum absolute atomic E-state index is 10.9. The van der Waals surface area contributed by atoms with Crippen LogP contribution in [0.5, 0.6) is 0 Å². The van der Waals surface area contributed by atoms with E-state index in [0.717, 1.165) is 0 Å². The lowest BCUT2D eigenvalue weighted by atomic mass is 10.0. The van der Waals surface area contributed by atoms with E-state index in [9.17, 15) is 9.59 Å². The van der Waals surface area contributed by atoms with Gasteiger partial charge < -0.3 is 5.11 Å². The first-order valence-electron chi connectivity index (χ1n) is 3.65. The van der Waals surface area contributed by atoms with Crippen LogP contribution in [-0.2, 0) is 9.59 Å². The van der Waals surface area contributed by atoms with Gasteiger partial charge in [-0.1, -0.05) is 36.9 Å². The molecule has 66 valence electrons. The number of carboxylic acid groups (broad SMARTS) is 1. The smallest absolute Gasteiger partial charge is 0.377 e. The van der Waals surface area contributed by atoms with E-state index in [1.807, 2.05) is 0 Å². The molecule has 0 saturated heterocycles. The van der Waals surface area contributed by atoms with Crippen LogP contribution in [0.25, 0.3) is 5.57 Å². The fourth-order valence-electron chi connectivity index (χ4n) is 0.900. The van der Waals surface area contributed by atoms with E-state index in [2.05, 4.69) is 6.58 Å². The fourth-order valence-corrected chi connectivity index (χ4v) is 0.900. The highest BCUT2D eigenvalue weighted by Gasteiger charge is 2.16. The van der Waals surface area contributed by atoms with Gasteiger partial charge in [-0.3, -0.25) is 4.79 Å². The Morgan fingerprint density at radius 1 is 1.15 bits per heavy atom. The molecule has 0 heterocycles. The molecule has 0 aliphatic carbocycles. The molecule has 1 aromatic rings. The first kappa shape index (κ1) is 9.19. The van der Waals surface area contributed by atoms with Gasteiger partial charge in [-0.25, -0.2) is 4.79 Å². The van der Waals surface area contributed by atoms with Crippen LogP contribution in [-0.4, -0.2) is 16.9 Å². The molecule has 0 aliphatic rings. The monoisotopic (exact) mass is 176 g/mol. The number of carbonyl (C=O) groups is 2. The predicted molar refractivity (Wildman–Crippen MR) is 48.1 cm³/mol. The molecule has 3 nitrogen and oxygen atoms in total. The van der Waals surface area contributed by atoms with Gasteiger partial charge in [0.2, 0.25) is 0 Å². The van der Waals surface area contributed by atoms with Crippen molar-refractivity contribution < 1.29 is 14.7 Å². The maximum Gasteiger partial charge on any atom is 0.377 e. The molecule has 3 heteroatoms. The van der Waals surface area contributed by atoms with Crippen molar-refractivity contribution in [3.63, 3.8) is 0 Å². The molecule has 0 bridgehead atoms. The highest BCUT2D eigenvalue weighted by atomic mass is 16.4. The Morgan fingerprint density at radius 2 is 1.69 bits per heavy atom. The zero-order valence-electron chi connectivity index (χ0n) is 6.86. The van der Waals surface area contributed by atoms with Crippen LogP contribution in [0, 0.1) is 0 Å². The molecule has 0 spiro atoms. The van der Waals surface area contributed by atoms with Crippen molar-refractivity contribution in [1.82, 2.24) is 0 Å². The highest BCUT2D eigenvalue weighted by Crippen LogP contribution is 2.12. The Balaban J connectivity index is 2.93. The predicted octanol–water partition coefficient (Wildman–Crippen LogP) is 1.35. The van der Waals surface area contributed by atoms with Gasteiger partial charge in [0.15, 0.2) is 0 Å². The number of hydrogen-bond acceptors (Lipinski definition) is 2. The summed E-state index contributed by atoms with van der Waals surface area (Å²) in [6, 6.07) is 8.50. The van der Waals surface area contributed by atoms with E-state index in [1.54, 1.807) is 30.3 Å². The third-order valence-electron chi connectivity index (χ3n) is 1.59. The number of benzene rings is 1. The Labute approximate surface area is 75.3 Å². The zero-order chi connectivity index (χ0) is 9.84. The summed E-state index contributed by atoms with van der Waals surface area (Å²) >= 11 is 0. The van der Waals surface area contributed by atoms with E-state index >= 15 is 0 Å². The molecule has 13 heavy (non-hydrogen) atoms. The summed E-state index contributed by atoms with van der Waals surface area (Å²) in [4.78, 5) is 21.2. The van der Waals surface area contributed by atoms with Gasteiger partial charge in [-0.05, 0) is 5.56 Å². The number of carbonyl (C=O) groups excluding carboxylic acids is 1. The van der Waals surface area contributed by atoms with Gasteiger partial charge in [-0.2, -0.15) is 0 Å². The number of hydrogen-bond donors (Lipinski definition) is 1. The van der Waals surface area contributed by atoms with Gasteiger partial charge in [0.25, 0.3) is 5.78 Å². The van der Waals surface area contributed by atoms with Crippen molar-refractivity contribution >= 4 is 17.3 Å². The summed E-state index contributed by atoms with van der Waals surface area (Å²) in [5, 5.41) is 8.40. The number of aliphatic carboxylic acids is 1. The van der Waals surface area contributed by atoms with Crippen molar-refractivity contribution in [1.29, 1.82) is 0 Å². The fraction of sp³-hybridized carbons (Fsp3) is 0. The summed E-state index contributed by atoms with van der Waals surface area (Å²) in [6.45, 7) is 3.42. The SMILES string of the molecule is C=C(C(=O)C(=O)O)c1ccccc1. The average molecular weight is 176 g/mol. The van der Waals surface area contributed by atoms with Gasteiger partial charge >= 0.3 is 5.97 Å². The first-order chi connectivity index (χ1) is 6.13. The molecular formula is C10H8O3. The summed E-state index contributed by atoms with van der Waals surface area (Å²) < 4.78 is 0. The van der Waals surface area contributed by atoms with Crippen molar-refractivity contribution in [2.75, 3.05) is 0 Å². The molecule has 1 aromatic carbocycles. The molecular weight excluding hydrogens is 168 g/mol. The Morgan fingerprint density at radius 3 is 2.15 bits per heavy atom. The zero-order valence-corrected chi connectivity index (χ0v) is 6.86. The minimum absolute atomic E-state index is 0.00750. The minimum atomic E-state index is -1.48. The second-order valence-electron chi connectivity index (χ2n) is 2.48. The molecule has 0 radical (unpaired) electrons. The van der Waals surface area contributed by atoms with E-state index in [4.69, 9.17) is 5.11 Å². The number of ketones is 1. The van der Waals surface area contributed by atoms with Gasteiger partial charge in [0.1, 0.15) is 0 Å². The normalized spacial score (nSPS) is 9.23. The van der Waals surface area contributed by atoms with Crippen LogP contribution in [0.15, 0.2) is 36.9 Å². The van der Waals surface area contributed by atoms with E-state index in [1.165, 1.54) is 0 Å². The van der Waals surface area contributed by atoms with Gasteiger partial charge in [-0.15, -0.1) is 0 Å². The van der Waals surface area contributed by atoms with Crippen LogP contribution in [0.2, 0.25) is 0 Å². The summed E-state index contributed by atoms with van der Waals surface area (Å²) in [5.41, 5.74) is 0.544. The molecule has 1 N–H and O–H groups in total. The molecule has 1 rings (SSSR count). The third-order valence-corrected chi connectivity index (χ3v) is 1.59. The van der Waals surface area contributed by atoms with Crippen LogP contribution < -0.4 is 0 Å². The quantitative estimate of drug-likeness (QED) is 0.558. The number of rotatable bonds is 3. The van der Waals surface area contributed by atoms with Gasteiger partial charge in [0.05, 0.1) is 0 Å². The molecule has 0 aliphatic heterocycles. The van der Waals surface area contributed by atoms with Crippen LogP contribution in [0.3, 0.4) is 0 Å². The highest BCUT2D eigenvalue weighted by molar-refractivity contribution is 6.50. The van der Waals surface area contributed by atoms with E-state index in [0.29, 0.717) is 5.56 Å². The second-order valence-corrected chi connectivity index (χ2v) is 2.48. The molecule has 0 aromatic heterocycles. The summed E-state index contributed by atoms with van der Waals surface area (Å²) in [7, 11) is 0. The third kappa shape index (κ3) is 2.02. The van der Waals surface area contributed by atoms with E-state index in [-0.39, 0.29) is 5.57 Å². The van der Waals surface area contributed by atoms with Crippen molar-refractivity contribution in [3.8, 4) is 0 Å². The number of Topliss-reactive ketones (excluding diaryl/α,β-unsaturated/α-hetero) is 1. The van der Waals surface area contributed by atoms with Crippen molar-refractivity contribution in [3.05, 3.63) is 42.5 Å². The molecule has 0 atom stereocenters. The summed E-state index contributed by atoms with van der Waals surface area (Å²) in [5.74, 6) is -2.44. The minimum Gasteiger partial charge on any atom is -0.475 e. The Bertz CT molecular complexity index is 352. The molecule has 0 saturated carbocycles. The maximum atomic E-state index is 10.9. The van der Waals surface area contributed by atoms with E-state index < -0.39 is 11.8 Å².